The first-order chi connectivity index (χ1) is 10.4. The molecule has 1 aliphatic rings. The predicted molar refractivity (Wildman–Crippen MR) is 89.8 cm³/mol. The molecule has 122 valence electrons. The Morgan fingerprint density at radius 3 is 2.68 bits per heavy atom. The summed E-state index contributed by atoms with van der Waals surface area (Å²) in [6.45, 7) is 9.99. The Balaban J connectivity index is 2.19. The van der Waals surface area contributed by atoms with Gasteiger partial charge < -0.3 is 15.4 Å². The standard InChI is InChI=1S/C18H28N2O2/c1-5-10-20(15-12-16(22-6-2)18(15,3)4)17(21)13-8-7-9-14(19)11-13/h7-9,11,15-16H,5-6,10,12,19H2,1-4H3. The molecule has 2 unspecified atom stereocenters. The van der Waals surface area contributed by atoms with E-state index >= 15 is 0 Å². The molecular weight excluding hydrogens is 276 g/mol. The molecule has 2 rings (SSSR count). The van der Waals surface area contributed by atoms with Crippen LogP contribution in [0.25, 0.3) is 0 Å². The third-order valence-electron chi connectivity index (χ3n) is 4.73. The first kappa shape index (κ1) is 16.8. The summed E-state index contributed by atoms with van der Waals surface area (Å²) < 4.78 is 5.80. The fourth-order valence-electron chi connectivity index (χ4n) is 3.35. The average molecular weight is 304 g/mol. The summed E-state index contributed by atoms with van der Waals surface area (Å²) in [6.07, 6.45) is 2.09. The van der Waals surface area contributed by atoms with Crippen molar-refractivity contribution in [3.63, 3.8) is 0 Å². The van der Waals surface area contributed by atoms with Crippen LogP contribution in [0.15, 0.2) is 24.3 Å². The lowest BCUT2D eigenvalue weighted by atomic mass is 9.63. The van der Waals surface area contributed by atoms with Crippen LogP contribution >= 0.6 is 0 Å². The number of hydrogen-bond acceptors (Lipinski definition) is 3. The lowest BCUT2D eigenvalue weighted by Gasteiger charge is -2.55. The van der Waals surface area contributed by atoms with Gasteiger partial charge in [-0.3, -0.25) is 4.79 Å². The average Bonchev–Trinajstić information content (AvgIpc) is 2.49. The lowest BCUT2D eigenvalue weighted by Crippen LogP contribution is -2.63. The number of rotatable bonds is 6. The van der Waals surface area contributed by atoms with Crippen LogP contribution in [0.5, 0.6) is 0 Å². The maximum Gasteiger partial charge on any atom is 0.254 e. The quantitative estimate of drug-likeness (QED) is 0.820. The van der Waals surface area contributed by atoms with Crippen LogP contribution in [0, 0.1) is 5.41 Å². The molecule has 4 nitrogen and oxygen atoms in total. The number of carbonyl (C=O) groups excluding carboxylic acids is 1. The van der Waals surface area contributed by atoms with E-state index < -0.39 is 0 Å². The Hall–Kier alpha value is -1.55. The van der Waals surface area contributed by atoms with Gasteiger partial charge in [-0.05, 0) is 38.0 Å². The van der Waals surface area contributed by atoms with Gasteiger partial charge in [0.25, 0.3) is 5.91 Å². The summed E-state index contributed by atoms with van der Waals surface area (Å²) in [5, 5.41) is 0. The summed E-state index contributed by atoms with van der Waals surface area (Å²) in [5.74, 6) is 0.0715. The zero-order valence-corrected chi connectivity index (χ0v) is 14.1. The second-order valence-corrected chi connectivity index (χ2v) is 6.64. The SMILES string of the molecule is CCCN(C(=O)c1cccc(N)c1)C1CC(OCC)C1(C)C. The van der Waals surface area contributed by atoms with Crippen molar-refractivity contribution in [3.05, 3.63) is 29.8 Å². The van der Waals surface area contributed by atoms with E-state index in [1.165, 1.54) is 0 Å². The van der Waals surface area contributed by atoms with Crippen molar-refractivity contribution in [1.29, 1.82) is 0 Å². The van der Waals surface area contributed by atoms with Crippen molar-refractivity contribution in [2.24, 2.45) is 5.41 Å². The summed E-state index contributed by atoms with van der Waals surface area (Å²) in [6, 6.07) is 7.46. The molecule has 1 fully saturated rings. The van der Waals surface area contributed by atoms with Crippen molar-refractivity contribution in [3.8, 4) is 0 Å². The van der Waals surface area contributed by atoms with Crippen LogP contribution in [0.4, 0.5) is 5.69 Å². The predicted octanol–water partition coefficient (Wildman–Crippen LogP) is 3.32. The number of nitrogen functional groups attached to an aromatic ring is 1. The van der Waals surface area contributed by atoms with Crippen molar-refractivity contribution >= 4 is 11.6 Å². The van der Waals surface area contributed by atoms with Gasteiger partial charge in [-0.1, -0.05) is 26.8 Å². The third-order valence-corrected chi connectivity index (χ3v) is 4.73. The highest BCUT2D eigenvalue weighted by atomic mass is 16.5. The second kappa shape index (κ2) is 6.69. The van der Waals surface area contributed by atoms with Crippen molar-refractivity contribution < 1.29 is 9.53 Å². The van der Waals surface area contributed by atoms with Gasteiger partial charge in [-0.15, -0.1) is 0 Å². The maximum atomic E-state index is 12.9. The van der Waals surface area contributed by atoms with E-state index in [1.54, 1.807) is 12.1 Å². The van der Waals surface area contributed by atoms with Gasteiger partial charge in [0, 0.05) is 35.9 Å². The molecule has 0 saturated heterocycles. The molecule has 1 aromatic rings. The van der Waals surface area contributed by atoms with Crippen molar-refractivity contribution in [2.75, 3.05) is 18.9 Å². The van der Waals surface area contributed by atoms with E-state index in [0.717, 1.165) is 26.0 Å². The molecule has 1 amide bonds. The van der Waals surface area contributed by atoms with Gasteiger partial charge in [0.1, 0.15) is 0 Å². The number of nitrogens with two attached hydrogens (primary N) is 1. The summed E-state index contributed by atoms with van der Waals surface area (Å²) in [5.41, 5.74) is 7.10. The molecule has 0 aliphatic heterocycles. The van der Waals surface area contributed by atoms with Gasteiger partial charge in [0.2, 0.25) is 0 Å². The van der Waals surface area contributed by atoms with Crippen LogP contribution < -0.4 is 5.73 Å². The molecule has 1 aliphatic carbocycles. The molecular formula is C18H28N2O2. The Kier molecular flexibility index (Phi) is 5.12. The van der Waals surface area contributed by atoms with Gasteiger partial charge in [0.15, 0.2) is 0 Å². The summed E-state index contributed by atoms with van der Waals surface area (Å²) in [7, 11) is 0. The number of hydrogen-bond donors (Lipinski definition) is 1. The number of anilines is 1. The second-order valence-electron chi connectivity index (χ2n) is 6.64. The number of ether oxygens (including phenoxy) is 1. The van der Waals surface area contributed by atoms with E-state index in [1.807, 2.05) is 24.0 Å². The first-order valence-corrected chi connectivity index (χ1v) is 8.19. The molecule has 2 N–H and O–H groups in total. The minimum atomic E-state index is -0.0127. The summed E-state index contributed by atoms with van der Waals surface area (Å²) >= 11 is 0. The molecule has 1 saturated carbocycles. The molecule has 4 heteroatoms. The third kappa shape index (κ3) is 3.12. The first-order valence-electron chi connectivity index (χ1n) is 8.19. The number of nitrogens with zero attached hydrogens (tertiary/aromatic N) is 1. The normalized spacial score (nSPS) is 22.9. The molecule has 0 bridgehead atoms. The van der Waals surface area contributed by atoms with Crippen molar-refractivity contribution in [2.45, 2.75) is 52.7 Å². The molecule has 0 radical (unpaired) electrons. The number of amides is 1. The molecule has 22 heavy (non-hydrogen) atoms. The van der Waals surface area contributed by atoms with E-state index in [9.17, 15) is 4.79 Å². The maximum absolute atomic E-state index is 12.9. The number of benzene rings is 1. The smallest absolute Gasteiger partial charge is 0.254 e. The minimum absolute atomic E-state index is 0.0127. The van der Waals surface area contributed by atoms with Crippen LogP contribution in [0.2, 0.25) is 0 Å². The molecule has 0 aromatic heterocycles. The van der Waals surface area contributed by atoms with E-state index in [-0.39, 0.29) is 23.5 Å². The highest BCUT2D eigenvalue weighted by molar-refractivity contribution is 5.95. The zero-order valence-electron chi connectivity index (χ0n) is 14.1. The van der Waals surface area contributed by atoms with Gasteiger partial charge in [0.05, 0.1) is 6.10 Å². The topological polar surface area (TPSA) is 55.6 Å². The van der Waals surface area contributed by atoms with E-state index in [4.69, 9.17) is 10.5 Å². The Morgan fingerprint density at radius 2 is 2.14 bits per heavy atom. The fourth-order valence-corrected chi connectivity index (χ4v) is 3.35. The monoisotopic (exact) mass is 304 g/mol. The van der Waals surface area contributed by atoms with Crippen LogP contribution in [0.3, 0.4) is 0 Å². The van der Waals surface area contributed by atoms with Crippen LogP contribution in [-0.4, -0.2) is 36.1 Å². The van der Waals surface area contributed by atoms with Gasteiger partial charge in [-0.2, -0.15) is 0 Å². The zero-order chi connectivity index (χ0) is 16.3. The Bertz CT molecular complexity index is 528. The highest BCUT2D eigenvalue weighted by Crippen LogP contribution is 2.46. The molecule has 0 spiro atoms. The highest BCUT2D eigenvalue weighted by Gasteiger charge is 2.52. The fraction of sp³-hybridized carbons (Fsp3) is 0.611. The number of carbonyl (C=O) groups is 1. The van der Waals surface area contributed by atoms with Gasteiger partial charge in [-0.25, -0.2) is 0 Å². The summed E-state index contributed by atoms with van der Waals surface area (Å²) in [4.78, 5) is 14.9. The molecule has 0 heterocycles. The molecule has 1 aromatic carbocycles. The van der Waals surface area contributed by atoms with E-state index in [2.05, 4.69) is 20.8 Å². The Labute approximate surface area is 133 Å². The van der Waals surface area contributed by atoms with Crippen molar-refractivity contribution in [1.82, 2.24) is 4.90 Å². The molecule has 2 atom stereocenters. The van der Waals surface area contributed by atoms with Crippen LogP contribution in [0.1, 0.15) is 50.9 Å². The van der Waals surface area contributed by atoms with E-state index in [0.29, 0.717) is 11.3 Å². The minimum Gasteiger partial charge on any atom is -0.399 e. The van der Waals surface area contributed by atoms with Crippen LogP contribution in [-0.2, 0) is 4.74 Å². The Morgan fingerprint density at radius 1 is 1.41 bits per heavy atom. The largest absolute Gasteiger partial charge is 0.399 e. The van der Waals surface area contributed by atoms with Gasteiger partial charge >= 0.3 is 0 Å². The lowest BCUT2D eigenvalue weighted by molar-refractivity contribution is -0.140.